The first kappa shape index (κ1) is 24.6. The number of nitrogens with one attached hydrogen (secondary N) is 1. The second-order valence-corrected chi connectivity index (χ2v) is 10.3. The number of fused-ring (bicyclic) bond motifs is 1. The minimum atomic E-state index is -0.916. The van der Waals surface area contributed by atoms with Crippen molar-refractivity contribution < 1.29 is 13.9 Å². The van der Waals surface area contributed by atoms with Gasteiger partial charge in [0.25, 0.3) is 5.91 Å². The summed E-state index contributed by atoms with van der Waals surface area (Å²) in [6, 6.07) is 14.9. The van der Waals surface area contributed by atoms with Crippen LogP contribution in [0, 0.1) is 0 Å². The molecule has 1 unspecified atom stereocenters. The Kier molecular flexibility index (Phi) is 7.03. The molecule has 35 heavy (non-hydrogen) atoms. The summed E-state index contributed by atoms with van der Waals surface area (Å²) in [4.78, 5) is 26.5. The van der Waals surface area contributed by atoms with Crippen molar-refractivity contribution in [2.75, 3.05) is 5.32 Å². The normalized spacial score (nSPS) is 12.5. The maximum Gasteiger partial charge on any atom is 0.267 e. The predicted molar refractivity (Wildman–Crippen MR) is 139 cm³/mol. The van der Waals surface area contributed by atoms with Gasteiger partial charge in [0.05, 0.1) is 5.39 Å². The number of ether oxygens (including phenoxy) is 1. The van der Waals surface area contributed by atoms with Gasteiger partial charge in [0, 0.05) is 5.56 Å². The molecule has 4 rings (SSSR count). The number of hydrogen-bond acceptors (Lipinski definition) is 7. The number of nitrogens with zero attached hydrogens (tertiary/aromatic N) is 2. The third kappa shape index (κ3) is 5.27. The van der Waals surface area contributed by atoms with Crippen LogP contribution in [-0.4, -0.2) is 22.2 Å². The van der Waals surface area contributed by atoms with Crippen molar-refractivity contribution >= 4 is 33.3 Å². The molecule has 8 heteroatoms. The van der Waals surface area contributed by atoms with Gasteiger partial charge in [-0.3, -0.25) is 14.9 Å². The predicted octanol–water partition coefficient (Wildman–Crippen LogP) is 5.97. The van der Waals surface area contributed by atoms with Crippen LogP contribution in [0.1, 0.15) is 51.6 Å². The quantitative estimate of drug-likeness (QED) is 0.342. The highest BCUT2D eigenvalue weighted by atomic mass is 32.1. The topological polar surface area (TPSA) is 94.3 Å². The van der Waals surface area contributed by atoms with Gasteiger partial charge < -0.3 is 9.15 Å². The van der Waals surface area contributed by atoms with Crippen molar-refractivity contribution in [2.45, 2.75) is 59.0 Å². The van der Waals surface area contributed by atoms with Gasteiger partial charge in [-0.25, -0.2) is 0 Å². The van der Waals surface area contributed by atoms with E-state index in [9.17, 15) is 9.59 Å². The van der Waals surface area contributed by atoms with Crippen LogP contribution in [0.2, 0.25) is 0 Å². The van der Waals surface area contributed by atoms with Crippen molar-refractivity contribution in [1.29, 1.82) is 0 Å². The molecule has 4 aromatic rings. The Morgan fingerprint density at radius 2 is 1.80 bits per heavy atom. The van der Waals surface area contributed by atoms with Crippen molar-refractivity contribution in [3.8, 4) is 17.1 Å². The van der Waals surface area contributed by atoms with E-state index in [-0.39, 0.29) is 16.6 Å². The van der Waals surface area contributed by atoms with E-state index in [0.29, 0.717) is 33.8 Å². The summed E-state index contributed by atoms with van der Waals surface area (Å²) >= 11 is 1.31. The monoisotopic (exact) mass is 491 g/mol. The summed E-state index contributed by atoms with van der Waals surface area (Å²) in [5.41, 5.74) is 1.97. The van der Waals surface area contributed by atoms with Crippen LogP contribution in [0.15, 0.2) is 57.7 Å². The Morgan fingerprint density at radius 1 is 1.09 bits per heavy atom. The molecule has 0 radical (unpaired) electrons. The van der Waals surface area contributed by atoms with Crippen LogP contribution < -0.4 is 15.5 Å². The maximum atomic E-state index is 13.5. The summed E-state index contributed by atoms with van der Waals surface area (Å²) in [5, 5.41) is 12.4. The molecule has 1 N–H and O–H groups in total. The highest BCUT2D eigenvalue weighted by Gasteiger charge is 2.26. The van der Waals surface area contributed by atoms with E-state index in [1.807, 2.05) is 44.2 Å². The minimum absolute atomic E-state index is 0.0146. The Morgan fingerprint density at radius 3 is 2.43 bits per heavy atom. The fourth-order valence-corrected chi connectivity index (χ4v) is 4.32. The molecule has 1 amide bonds. The summed E-state index contributed by atoms with van der Waals surface area (Å²) in [6.07, 6.45) is 0.164. The summed E-state index contributed by atoms with van der Waals surface area (Å²) in [6.45, 7) is 10.2. The first-order valence-electron chi connectivity index (χ1n) is 11.7. The van der Waals surface area contributed by atoms with E-state index in [1.54, 1.807) is 18.2 Å². The van der Waals surface area contributed by atoms with Crippen molar-refractivity contribution in [3.05, 3.63) is 69.3 Å². The van der Waals surface area contributed by atoms with Gasteiger partial charge >= 0.3 is 0 Å². The number of carbonyl (C=O) groups is 1. The van der Waals surface area contributed by atoms with Crippen molar-refractivity contribution in [1.82, 2.24) is 10.2 Å². The van der Waals surface area contributed by atoms with Crippen molar-refractivity contribution in [2.24, 2.45) is 0 Å². The standard InChI is InChI=1S/C27H29N3O4S/c1-6-19(25(32)28-26-30-29-21(7-2)35-26)33-24-22(31)18-10-8-9-11-20(18)34-23(24)16-12-14-17(15-13-16)27(3,4)5/h8-15,19H,6-7H2,1-5H3,(H,28,30,32). The molecule has 0 saturated carbocycles. The molecule has 0 aliphatic rings. The lowest BCUT2D eigenvalue weighted by Gasteiger charge is -2.20. The van der Waals surface area contributed by atoms with E-state index >= 15 is 0 Å². The molecule has 0 aliphatic heterocycles. The van der Waals surface area contributed by atoms with Gasteiger partial charge in [0.15, 0.2) is 11.9 Å². The third-order valence-corrected chi connectivity index (χ3v) is 6.68. The number of aryl methyl sites for hydroxylation is 1. The number of hydrogen-bond donors (Lipinski definition) is 1. The van der Waals surface area contributed by atoms with Gasteiger partial charge in [-0.2, -0.15) is 0 Å². The third-order valence-electron chi connectivity index (χ3n) is 5.69. The molecule has 0 aliphatic carbocycles. The van der Waals surface area contributed by atoms with Gasteiger partial charge in [-0.1, -0.05) is 82.4 Å². The maximum absolute atomic E-state index is 13.5. The van der Waals surface area contributed by atoms with Crippen LogP contribution in [0.3, 0.4) is 0 Å². The van der Waals surface area contributed by atoms with Gasteiger partial charge in [0.1, 0.15) is 10.6 Å². The fraction of sp³-hybridized carbons (Fsp3) is 0.333. The highest BCUT2D eigenvalue weighted by molar-refractivity contribution is 7.15. The largest absolute Gasteiger partial charge is 0.473 e. The van der Waals surface area contributed by atoms with E-state index < -0.39 is 12.0 Å². The molecular weight excluding hydrogens is 462 g/mol. The number of amides is 1. The summed E-state index contributed by atoms with van der Waals surface area (Å²) in [7, 11) is 0. The molecule has 1 atom stereocenters. The van der Waals surface area contributed by atoms with E-state index in [1.165, 1.54) is 11.3 Å². The van der Waals surface area contributed by atoms with Crippen molar-refractivity contribution in [3.63, 3.8) is 0 Å². The Bertz CT molecular complexity index is 1400. The van der Waals surface area contributed by atoms with E-state index in [2.05, 4.69) is 36.3 Å². The molecule has 182 valence electrons. The van der Waals surface area contributed by atoms with Gasteiger partial charge in [0.2, 0.25) is 16.3 Å². The van der Waals surface area contributed by atoms with E-state index in [0.717, 1.165) is 17.0 Å². The molecule has 2 heterocycles. The smallest absolute Gasteiger partial charge is 0.267 e. The lowest BCUT2D eigenvalue weighted by molar-refractivity contribution is -0.122. The zero-order valence-corrected chi connectivity index (χ0v) is 21.4. The molecular formula is C27H29N3O4S. The summed E-state index contributed by atoms with van der Waals surface area (Å²) in [5.74, 6) is -0.0850. The number of para-hydroxylation sites is 1. The second-order valence-electron chi connectivity index (χ2n) is 9.27. The first-order valence-corrected chi connectivity index (χ1v) is 12.5. The van der Waals surface area contributed by atoms with Crippen LogP contribution in [-0.2, 0) is 16.6 Å². The number of carbonyl (C=O) groups excluding carboxylic acids is 1. The lowest BCUT2D eigenvalue weighted by atomic mass is 9.86. The number of rotatable bonds is 7. The first-order chi connectivity index (χ1) is 16.7. The average molecular weight is 492 g/mol. The van der Waals surface area contributed by atoms with Crippen LogP contribution in [0.4, 0.5) is 5.13 Å². The molecule has 0 bridgehead atoms. The second kappa shape index (κ2) is 10.00. The van der Waals surface area contributed by atoms with Crippen LogP contribution in [0.25, 0.3) is 22.3 Å². The summed E-state index contributed by atoms with van der Waals surface area (Å²) < 4.78 is 12.3. The van der Waals surface area contributed by atoms with E-state index in [4.69, 9.17) is 9.15 Å². The lowest BCUT2D eigenvalue weighted by Crippen LogP contribution is -2.34. The SMILES string of the molecule is CCc1nnc(NC(=O)C(CC)Oc2c(-c3ccc(C(C)(C)C)cc3)oc3ccccc3c2=O)s1. The number of aromatic nitrogens is 2. The average Bonchev–Trinajstić information content (AvgIpc) is 3.30. The Balaban J connectivity index is 1.74. The molecule has 2 aromatic carbocycles. The Labute approximate surface area is 208 Å². The number of benzene rings is 2. The Hall–Kier alpha value is -3.52. The zero-order chi connectivity index (χ0) is 25.2. The molecule has 0 fully saturated rings. The van der Waals surface area contributed by atoms with Gasteiger partial charge in [-0.05, 0) is 36.0 Å². The molecule has 2 aromatic heterocycles. The molecule has 0 saturated heterocycles. The minimum Gasteiger partial charge on any atom is -0.473 e. The van der Waals surface area contributed by atoms with Gasteiger partial charge in [-0.15, -0.1) is 10.2 Å². The molecule has 7 nitrogen and oxygen atoms in total. The van der Waals surface area contributed by atoms with Crippen LogP contribution >= 0.6 is 11.3 Å². The van der Waals surface area contributed by atoms with Crippen LogP contribution in [0.5, 0.6) is 5.75 Å². The molecule has 0 spiro atoms. The zero-order valence-electron chi connectivity index (χ0n) is 20.5. The fourth-order valence-electron chi connectivity index (χ4n) is 3.64. The number of anilines is 1. The highest BCUT2D eigenvalue weighted by Crippen LogP contribution is 2.33.